The van der Waals surface area contributed by atoms with Gasteiger partial charge in [-0.05, 0) is 54.1 Å². The summed E-state index contributed by atoms with van der Waals surface area (Å²) in [6.07, 6.45) is 0.569. The molecule has 0 aliphatic heterocycles. The van der Waals surface area contributed by atoms with Gasteiger partial charge >= 0.3 is 5.69 Å². The van der Waals surface area contributed by atoms with Gasteiger partial charge in [-0.3, -0.25) is 10.1 Å². The molecule has 0 amide bonds. The number of hydrogen-bond donors (Lipinski definition) is 0. The molecular formula is C25H20BrFNO2P. The Morgan fingerprint density at radius 3 is 1.48 bits per heavy atom. The molecular weight excluding hydrogens is 476 g/mol. The highest BCUT2D eigenvalue weighted by molar-refractivity contribution is 7.95. The fourth-order valence-electron chi connectivity index (χ4n) is 3.84. The third-order valence-electron chi connectivity index (χ3n) is 5.22. The molecule has 0 fully saturated rings. The van der Waals surface area contributed by atoms with Crippen molar-refractivity contribution in [2.45, 2.75) is 6.16 Å². The summed E-state index contributed by atoms with van der Waals surface area (Å²) in [5.74, 6) is -0.801. The molecule has 0 atom stereocenters. The van der Waals surface area contributed by atoms with Crippen LogP contribution in [0.15, 0.2) is 109 Å². The highest BCUT2D eigenvalue weighted by Gasteiger charge is 2.45. The zero-order valence-electron chi connectivity index (χ0n) is 16.6. The van der Waals surface area contributed by atoms with E-state index in [1.807, 2.05) is 54.6 Å². The van der Waals surface area contributed by atoms with Gasteiger partial charge in [0.05, 0.1) is 11.1 Å². The van der Waals surface area contributed by atoms with Gasteiger partial charge in [-0.2, -0.15) is 4.39 Å². The van der Waals surface area contributed by atoms with Gasteiger partial charge in [0.25, 0.3) is 0 Å². The summed E-state index contributed by atoms with van der Waals surface area (Å²) in [6.45, 7) is 0. The SMILES string of the molecule is O=[N+]([O-])c1ccc(C[P+](c2ccccc2)(c2ccccc2)c2ccccc2)cc1F.[Br-]. The Morgan fingerprint density at radius 2 is 1.13 bits per heavy atom. The van der Waals surface area contributed by atoms with Gasteiger partial charge in [0.1, 0.15) is 23.2 Å². The third-order valence-corrected chi connectivity index (χ3v) is 9.60. The molecule has 0 radical (unpaired) electrons. The summed E-state index contributed by atoms with van der Waals surface area (Å²) in [5, 5.41) is 14.6. The predicted molar refractivity (Wildman–Crippen MR) is 122 cm³/mol. The van der Waals surface area contributed by atoms with Crippen LogP contribution < -0.4 is 32.9 Å². The molecule has 0 aromatic heterocycles. The Labute approximate surface area is 191 Å². The zero-order chi connectivity index (χ0) is 21.0. The van der Waals surface area contributed by atoms with Crippen molar-refractivity contribution in [1.82, 2.24) is 0 Å². The first-order valence-corrected chi connectivity index (χ1v) is 11.6. The molecule has 156 valence electrons. The van der Waals surface area contributed by atoms with E-state index in [9.17, 15) is 14.5 Å². The fraction of sp³-hybridized carbons (Fsp3) is 0.0400. The molecule has 0 heterocycles. The lowest BCUT2D eigenvalue weighted by molar-refractivity contribution is -0.387. The van der Waals surface area contributed by atoms with Crippen LogP contribution in [0.2, 0.25) is 0 Å². The van der Waals surface area contributed by atoms with Crippen LogP contribution in [0.3, 0.4) is 0 Å². The van der Waals surface area contributed by atoms with Crippen LogP contribution in [-0.4, -0.2) is 4.92 Å². The van der Waals surface area contributed by atoms with Gasteiger partial charge in [-0.15, -0.1) is 0 Å². The second-order valence-corrected chi connectivity index (χ2v) is 10.5. The van der Waals surface area contributed by atoms with E-state index in [0.29, 0.717) is 6.16 Å². The van der Waals surface area contributed by atoms with Crippen LogP contribution in [0.25, 0.3) is 0 Å². The van der Waals surface area contributed by atoms with Gasteiger partial charge in [0, 0.05) is 6.07 Å². The average Bonchev–Trinajstić information content (AvgIpc) is 2.79. The van der Waals surface area contributed by atoms with E-state index >= 15 is 0 Å². The van der Waals surface area contributed by atoms with Gasteiger partial charge in [-0.1, -0.05) is 54.6 Å². The Morgan fingerprint density at radius 1 is 0.710 bits per heavy atom. The highest BCUT2D eigenvalue weighted by atomic mass is 79.9. The standard InChI is InChI=1S/C25H20FNO2P.BrH/c26-24-18-20(16-17-25(24)27(28)29)19-30(21-10-4-1-5-11-21,22-12-6-2-7-13-22)23-14-8-3-9-15-23;/h1-18H,19H2;1H/q+1;/p-1. The van der Waals surface area contributed by atoms with Crippen LogP contribution >= 0.6 is 7.26 Å². The quantitative estimate of drug-likeness (QED) is 0.234. The van der Waals surface area contributed by atoms with Gasteiger partial charge in [-0.25, -0.2) is 0 Å². The summed E-state index contributed by atoms with van der Waals surface area (Å²) < 4.78 is 14.5. The summed E-state index contributed by atoms with van der Waals surface area (Å²) >= 11 is 0. The van der Waals surface area contributed by atoms with Crippen LogP contribution in [0.4, 0.5) is 10.1 Å². The maximum absolute atomic E-state index is 14.5. The maximum atomic E-state index is 14.5. The number of nitro groups is 1. The largest absolute Gasteiger partial charge is 1.00 e. The number of benzene rings is 4. The molecule has 6 heteroatoms. The molecule has 0 spiro atoms. The minimum atomic E-state index is -2.17. The molecule has 4 aromatic rings. The second kappa shape index (κ2) is 9.95. The van der Waals surface area contributed by atoms with Crippen LogP contribution in [-0.2, 0) is 6.16 Å². The van der Waals surface area contributed by atoms with Crippen molar-refractivity contribution >= 4 is 28.9 Å². The Hall–Kier alpha value is -2.88. The summed E-state index contributed by atoms with van der Waals surface area (Å²) in [4.78, 5) is 10.4. The normalized spacial score (nSPS) is 10.9. The number of hydrogen-bond acceptors (Lipinski definition) is 2. The Balaban J connectivity index is 0.00000272. The molecule has 31 heavy (non-hydrogen) atoms. The number of halogens is 2. The summed E-state index contributed by atoms with van der Waals surface area (Å²) in [7, 11) is -2.17. The van der Waals surface area contributed by atoms with E-state index in [-0.39, 0.29) is 17.0 Å². The molecule has 3 nitrogen and oxygen atoms in total. The van der Waals surface area contributed by atoms with Crippen molar-refractivity contribution in [3.63, 3.8) is 0 Å². The first kappa shape index (κ1) is 22.8. The van der Waals surface area contributed by atoms with Crippen molar-refractivity contribution in [3.8, 4) is 0 Å². The van der Waals surface area contributed by atoms with E-state index in [4.69, 9.17) is 0 Å². The van der Waals surface area contributed by atoms with E-state index in [1.54, 1.807) is 6.07 Å². The van der Waals surface area contributed by atoms with Gasteiger partial charge in [0.2, 0.25) is 5.82 Å². The van der Waals surface area contributed by atoms with Gasteiger partial charge < -0.3 is 17.0 Å². The Kier molecular flexibility index (Phi) is 7.32. The van der Waals surface area contributed by atoms with Crippen LogP contribution in [0, 0.1) is 15.9 Å². The third kappa shape index (κ3) is 4.58. The van der Waals surface area contributed by atoms with E-state index in [2.05, 4.69) is 36.4 Å². The number of rotatable bonds is 6. The molecule has 4 rings (SSSR count). The molecule has 0 bridgehead atoms. The smallest absolute Gasteiger partial charge is 0.304 e. The number of nitro benzene ring substituents is 1. The van der Waals surface area contributed by atoms with Crippen molar-refractivity contribution in [2.75, 3.05) is 0 Å². The topological polar surface area (TPSA) is 43.1 Å². The maximum Gasteiger partial charge on any atom is 0.304 e. The van der Waals surface area contributed by atoms with E-state index < -0.39 is 23.7 Å². The highest BCUT2D eigenvalue weighted by Crippen LogP contribution is 2.58. The van der Waals surface area contributed by atoms with Gasteiger partial charge in [0.15, 0.2) is 0 Å². The minimum absolute atomic E-state index is 0. The minimum Gasteiger partial charge on any atom is -1.00 e. The lowest BCUT2D eigenvalue weighted by Gasteiger charge is -2.27. The van der Waals surface area contributed by atoms with E-state index in [0.717, 1.165) is 5.56 Å². The lowest BCUT2D eigenvalue weighted by atomic mass is 10.2. The van der Waals surface area contributed by atoms with Crippen molar-refractivity contribution in [3.05, 3.63) is 131 Å². The number of nitrogens with zero attached hydrogens (tertiary/aromatic N) is 1. The Bertz CT molecular complexity index is 1060. The molecule has 0 aliphatic rings. The lowest BCUT2D eigenvalue weighted by Crippen LogP contribution is -3.00. The molecule has 4 aromatic carbocycles. The molecule has 0 N–H and O–H groups in total. The van der Waals surface area contributed by atoms with Crippen molar-refractivity contribution in [1.29, 1.82) is 0 Å². The van der Waals surface area contributed by atoms with Crippen LogP contribution in [0.1, 0.15) is 5.56 Å². The van der Waals surface area contributed by atoms with Crippen molar-refractivity contribution in [2.24, 2.45) is 0 Å². The first-order chi connectivity index (χ1) is 14.6. The predicted octanol–water partition coefficient (Wildman–Crippen LogP) is 2.23. The summed E-state index contributed by atoms with van der Waals surface area (Å²) in [5.41, 5.74) is 0.241. The molecule has 0 saturated heterocycles. The van der Waals surface area contributed by atoms with Crippen molar-refractivity contribution < 1.29 is 26.3 Å². The summed E-state index contributed by atoms with van der Waals surface area (Å²) in [6, 6.07) is 35.0. The fourth-order valence-corrected chi connectivity index (χ4v) is 8.07. The second-order valence-electron chi connectivity index (χ2n) is 7.02. The molecule has 0 unspecified atom stereocenters. The average molecular weight is 496 g/mol. The van der Waals surface area contributed by atoms with E-state index in [1.165, 1.54) is 28.0 Å². The first-order valence-electron chi connectivity index (χ1n) is 9.59. The molecule has 0 aliphatic carbocycles. The zero-order valence-corrected chi connectivity index (χ0v) is 19.0. The van der Waals surface area contributed by atoms with Crippen LogP contribution in [0.5, 0.6) is 0 Å². The molecule has 0 saturated carbocycles. The monoisotopic (exact) mass is 495 g/mol.